The summed E-state index contributed by atoms with van der Waals surface area (Å²) in [6.45, 7) is 6.21. The first kappa shape index (κ1) is 46.9. The molecule has 0 aromatic heterocycles. The molecule has 1 unspecified atom stereocenters. The Morgan fingerprint density at radius 2 is 0.860 bits per heavy atom. The van der Waals surface area contributed by atoms with Crippen LogP contribution in [0.2, 0.25) is 0 Å². The van der Waals surface area contributed by atoms with E-state index >= 15 is 0 Å². The maximum absolute atomic E-state index is 12.6. The van der Waals surface area contributed by atoms with Crippen molar-refractivity contribution >= 4 is 17.9 Å². The Morgan fingerprint density at radius 1 is 0.440 bits per heavy atom. The molecule has 50 heavy (non-hydrogen) atoms. The number of rotatable bonds is 34. The Morgan fingerprint density at radius 3 is 1.42 bits per heavy atom. The Bertz CT molecular complexity index is 986. The molecule has 1 atom stereocenters. The predicted octanol–water partition coefficient (Wildman–Crippen LogP) is 12.4. The minimum Gasteiger partial charge on any atom is -0.462 e. The van der Waals surface area contributed by atoms with Gasteiger partial charge in [-0.25, -0.2) is 0 Å². The first-order valence-electron chi connectivity index (χ1n) is 19.9. The summed E-state index contributed by atoms with van der Waals surface area (Å²) < 4.78 is 16.5. The molecule has 6 nitrogen and oxygen atoms in total. The second-order valence-electron chi connectivity index (χ2n) is 12.8. The maximum Gasteiger partial charge on any atom is 0.309 e. The lowest BCUT2D eigenvalue weighted by atomic mass is 10.1. The molecule has 0 saturated heterocycles. The van der Waals surface area contributed by atoms with E-state index in [4.69, 9.17) is 14.2 Å². The standard InChI is InChI=1S/C44H72O6/c1-4-7-10-13-16-19-21-23-25-28-31-34-37-43(46)49-40-41(39-48-42(45)36-33-30-27-24-18-15-12-9-6-3)50-44(47)38-35-32-29-26-22-20-17-14-11-8-5-2/h7,9-10,12,14,16-19,24,30,33,41H,4-6,8,11,13,15,20-23,25-29,31-32,34-40H2,1-3H3/b10-7-,12-9-,17-14-,19-16-,24-18-,33-30-. The van der Waals surface area contributed by atoms with Gasteiger partial charge in [-0.1, -0.05) is 145 Å². The van der Waals surface area contributed by atoms with E-state index in [1.165, 1.54) is 25.7 Å². The van der Waals surface area contributed by atoms with Crippen molar-refractivity contribution in [1.29, 1.82) is 0 Å². The molecule has 0 aliphatic carbocycles. The molecular weight excluding hydrogens is 624 g/mol. The van der Waals surface area contributed by atoms with Gasteiger partial charge in [-0.05, 0) is 77.0 Å². The molecule has 0 aliphatic heterocycles. The molecule has 6 heteroatoms. The molecule has 0 fully saturated rings. The van der Waals surface area contributed by atoms with E-state index in [0.29, 0.717) is 12.8 Å². The molecule has 0 saturated carbocycles. The van der Waals surface area contributed by atoms with Crippen molar-refractivity contribution in [3.8, 4) is 0 Å². The Kier molecular flexibility index (Phi) is 36.2. The fourth-order valence-electron chi connectivity index (χ4n) is 4.99. The minimum atomic E-state index is -0.816. The van der Waals surface area contributed by atoms with Crippen LogP contribution in [-0.2, 0) is 28.6 Å². The van der Waals surface area contributed by atoms with Crippen LogP contribution < -0.4 is 0 Å². The van der Waals surface area contributed by atoms with Gasteiger partial charge in [-0.15, -0.1) is 0 Å². The highest BCUT2D eigenvalue weighted by molar-refractivity contribution is 5.72. The predicted molar refractivity (Wildman–Crippen MR) is 210 cm³/mol. The number of carbonyl (C=O) groups is 3. The SMILES string of the molecule is CC/C=C\C/C=C\C/C=C\CC(=O)OCC(COC(=O)CCCCCCC/C=C\C/C=C\CC)OC(=O)CCCCCCC/C=C\CCCC. The zero-order chi connectivity index (χ0) is 36.6. The van der Waals surface area contributed by atoms with Gasteiger partial charge in [0.25, 0.3) is 0 Å². The summed E-state index contributed by atoms with van der Waals surface area (Å²) in [5.41, 5.74) is 0. The van der Waals surface area contributed by atoms with Crippen LogP contribution in [0.1, 0.15) is 168 Å². The van der Waals surface area contributed by atoms with E-state index in [9.17, 15) is 14.4 Å². The fraction of sp³-hybridized carbons (Fsp3) is 0.659. The van der Waals surface area contributed by atoms with Gasteiger partial charge >= 0.3 is 17.9 Å². The highest BCUT2D eigenvalue weighted by Crippen LogP contribution is 2.12. The van der Waals surface area contributed by atoms with Gasteiger partial charge in [0, 0.05) is 12.8 Å². The Hall–Kier alpha value is -3.15. The molecular formula is C44H72O6. The van der Waals surface area contributed by atoms with Gasteiger partial charge in [0.05, 0.1) is 6.42 Å². The van der Waals surface area contributed by atoms with Crippen LogP contribution in [0.4, 0.5) is 0 Å². The molecule has 0 amide bonds. The molecule has 0 aromatic rings. The molecule has 0 N–H and O–H groups in total. The van der Waals surface area contributed by atoms with Crippen LogP contribution >= 0.6 is 0 Å². The lowest BCUT2D eigenvalue weighted by molar-refractivity contribution is -0.166. The van der Waals surface area contributed by atoms with E-state index in [1.54, 1.807) is 6.08 Å². The second kappa shape index (κ2) is 38.6. The summed E-state index contributed by atoms with van der Waals surface area (Å²) in [5, 5.41) is 0. The van der Waals surface area contributed by atoms with Gasteiger partial charge in [-0.2, -0.15) is 0 Å². The van der Waals surface area contributed by atoms with E-state index in [2.05, 4.69) is 81.5 Å². The maximum atomic E-state index is 12.6. The first-order chi connectivity index (χ1) is 24.5. The average molecular weight is 697 g/mol. The van der Waals surface area contributed by atoms with Gasteiger partial charge in [-0.3, -0.25) is 14.4 Å². The van der Waals surface area contributed by atoms with Crippen LogP contribution in [0.5, 0.6) is 0 Å². The summed E-state index contributed by atoms with van der Waals surface area (Å²) in [6.07, 6.45) is 46.3. The Labute approximate surface area is 306 Å². The monoisotopic (exact) mass is 697 g/mol. The zero-order valence-electron chi connectivity index (χ0n) is 32.1. The molecule has 0 aliphatic rings. The first-order valence-corrected chi connectivity index (χ1v) is 19.9. The van der Waals surface area contributed by atoms with E-state index in [1.807, 2.05) is 6.08 Å². The molecule has 0 aromatic carbocycles. The molecule has 0 heterocycles. The van der Waals surface area contributed by atoms with Crippen molar-refractivity contribution in [3.63, 3.8) is 0 Å². The van der Waals surface area contributed by atoms with Gasteiger partial charge < -0.3 is 14.2 Å². The third-order valence-corrected chi connectivity index (χ3v) is 7.96. The van der Waals surface area contributed by atoms with Crippen LogP contribution in [0.3, 0.4) is 0 Å². The van der Waals surface area contributed by atoms with Crippen molar-refractivity contribution in [2.75, 3.05) is 13.2 Å². The van der Waals surface area contributed by atoms with E-state index in [0.717, 1.165) is 103 Å². The summed E-state index contributed by atoms with van der Waals surface area (Å²) >= 11 is 0. The summed E-state index contributed by atoms with van der Waals surface area (Å²) in [7, 11) is 0. The fourth-order valence-corrected chi connectivity index (χ4v) is 4.99. The van der Waals surface area contributed by atoms with Crippen LogP contribution in [0.15, 0.2) is 72.9 Å². The smallest absolute Gasteiger partial charge is 0.309 e. The molecule has 0 radical (unpaired) electrons. The lowest BCUT2D eigenvalue weighted by Gasteiger charge is -2.18. The quantitative estimate of drug-likeness (QED) is 0.0288. The van der Waals surface area contributed by atoms with Crippen molar-refractivity contribution in [1.82, 2.24) is 0 Å². The number of carbonyl (C=O) groups excluding carboxylic acids is 3. The molecule has 0 rings (SSSR count). The van der Waals surface area contributed by atoms with Crippen molar-refractivity contribution in [3.05, 3.63) is 72.9 Å². The van der Waals surface area contributed by atoms with Gasteiger partial charge in [0.1, 0.15) is 13.2 Å². The van der Waals surface area contributed by atoms with Crippen LogP contribution in [0, 0.1) is 0 Å². The highest BCUT2D eigenvalue weighted by atomic mass is 16.6. The number of ether oxygens (including phenoxy) is 3. The Balaban J connectivity index is 4.50. The number of hydrogen-bond acceptors (Lipinski definition) is 6. The lowest BCUT2D eigenvalue weighted by Crippen LogP contribution is -2.30. The molecule has 0 bridgehead atoms. The number of esters is 3. The van der Waals surface area contributed by atoms with Crippen molar-refractivity contribution < 1.29 is 28.6 Å². The highest BCUT2D eigenvalue weighted by Gasteiger charge is 2.19. The summed E-state index contributed by atoms with van der Waals surface area (Å²) in [4.78, 5) is 37.4. The third kappa shape index (κ3) is 36.1. The average Bonchev–Trinajstić information content (AvgIpc) is 3.11. The van der Waals surface area contributed by atoms with Crippen LogP contribution in [-0.4, -0.2) is 37.2 Å². The summed E-state index contributed by atoms with van der Waals surface area (Å²) in [6, 6.07) is 0. The van der Waals surface area contributed by atoms with Crippen LogP contribution in [0.25, 0.3) is 0 Å². The topological polar surface area (TPSA) is 78.9 Å². The van der Waals surface area contributed by atoms with Crippen molar-refractivity contribution in [2.45, 2.75) is 175 Å². The number of allylic oxidation sites excluding steroid dienone is 11. The molecule has 0 spiro atoms. The largest absolute Gasteiger partial charge is 0.462 e. The third-order valence-electron chi connectivity index (χ3n) is 7.96. The van der Waals surface area contributed by atoms with Crippen molar-refractivity contribution in [2.24, 2.45) is 0 Å². The second-order valence-corrected chi connectivity index (χ2v) is 12.8. The molecule has 284 valence electrons. The van der Waals surface area contributed by atoms with Gasteiger partial charge in [0.2, 0.25) is 0 Å². The van der Waals surface area contributed by atoms with Gasteiger partial charge in [0.15, 0.2) is 6.10 Å². The summed E-state index contributed by atoms with van der Waals surface area (Å²) in [5.74, 6) is -1.08. The van der Waals surface area contributed by atoms with E-state index in [-0.39, 0.29) is 31.6 Å². The number of hydrogen-bond donors (Lipinski definition) is 0. The zero-order valence-corrected chi connectivity index (χ0v) is 32.1. The minimum absolute atomic E-state index is 0.115. The normalized spacial score (nSPS) is 12.8. The van der Waals surface area contributed by atoms with E-state index < -0.39 is 12.1 Å². The number of unbranched alkanes of at least 4 members (excludes halogenated alkanes) is 12.